The second-order valence-electron chi connectivity index (χ2n) is 33.9. The molecule has 708 valence electrons. The highest BCUT2D eigenvalue weighted by Gasteiger charge is 2.31. The van der Waals surface area contributed by atoms with Gasteiger partial charge in [0.1, 0.15) is 52.5 Å². The minimum Gasteiger partial charge on any atom is -0.494 e. The van der Waals surface area contributed by atoms with Crippen molar-refractivity contribution in [1.82, 2.24) is 31.9 Å². The monoisotopic (exact) mass is 1760 g/mol. The number of aliphatic carboxylic acids is 2. The van der Waals surface area contributed by atoms with Gasteiger partial charge in [0.15, 0.2) is 0 Å². The Bertz CT molecular complexity index is 3500. The zero-order valence-electron chi connectivity index (χ0n) is 74.5. The molecule has 0 aliphatic carbocycles. The molecule has 20 N–H and O–H groups in total. The summed E-state index contributed by atoms with van der Waals surface area (Å²) in [5.41, 5.74) is 24.4. The first-order chi connectivity index (χ1) is 58.7. The van der Waals surface area contributed by atoms with Crippen LogP contribution in [0.5, 0.6) is 11.5 Å². The van der Waals surface area contributed by atoms with Gasteiger partial charge in [-0.3, -0.25) is 52.7 Å². The molecular formula is C92H158N10O22. The van der Waals surface area contributed by atoms with Gasteiger partial charge >= 0.3 is 23.9 Å². The van der Waals surface area contributed by atoms with E-state index < -0.39 is 77.4 Å². The summed E-state index contributed by atoms with van der Waals surface area (Å²) in [6.45, 7) is 9.22. The van der Waals surface area contributed by atoms with Crippen molar-refractivity contribution in [3.8, 4) is 11.5 Å². The minimum atomic E-state index is -1.19. The van der Waals surface area contributed by atoms with Crippen molar-refractivity contribution in [2.45, 2.75) is 359 Å². The third kappa shape index (κ3) is 56.0. The van der Waals surface area contributed by atoms with Gasteiger partial charge in [-0.25, -0.2) is 19.2 Å². The van der Waals surface area contributed by atoms with Crippen LogP contribution in [0.3, 0.4) is 0 Å². The van der Waals surface area contributed by atoms with E-state index in [-0.39, 0.29) is 149 Å². The lowest BCUT2D eigenvalue weighted by Crippen LogP contribution is -2.42. The molecule has 2 aromatic rings. The molecule has 2 rings (SSSR count). The molecule has 0 heterocycles. The molecule has 32 heteroatoms. The van der Waals surface area contributed by atoms with E-state index in [2.05, 4.69) is 31.9 Å². The van der Waals surface area contributed by atoms with E-state index >= 15 is 0 Å². The molecule has 6 amide bonds. The van der Waals surface area contributed by atoms with Crippen LogP contribution in [-0.2, 0) is 62.3 Å². The largest absolute Gasteiger partial charge is 0.494 e. The lowest BCUT2D eigenvalue weighted by molar-refractivity contribution is -0.142. The maximum atomic E-state index is 13.9. The molecule has 0 unspecified atom stereocenters. The van der Waals surface area contributed by atoms with Crippen LogP contribution in [0, 0.1) is 17.3 Å². The fraction of sp³-hybridized carbons (Fsp3) is 0.707. The van der Waals surface area contributed by atoms with Crippen LogP contribution >= 0.6 is 0 Å². The number of hydrogen-bond acceptors (Lipinski definition) is 21. The zero-order chi connectivity index (χ0) is 91.2. The third-order valence-corrected chi connectivity index (χ3v) is 22.1. The minimum absolute atomic E-state index is 0. The van der Waals surface area contributed by atoms with E-state index in [9.17, 15) is 82.1 Å². The molecule has 0 fully saturated rings. The predicted octanol–water partition coefficient (Wildman–Crippen LogP) is 11.5. The Morgan fingerprint density at radius 2 is 0.629 bits per heavy atom. The molecule has 0 saturated carbocycles. The average molecular weight is 1760 g/mol. The van der Waals surface area contributed by atoms with Crippen molar-refractivity contribution < 1.29 is 112 Å². The van der Waals surface area contributed by atoms with Crippen LogP contribution in [0.15, 0.2) is 48.5 Å². The highest BCUT2D eigenvalue weighted by atomic mass is 16.5. The van der Waals surface area contributed by atoms with Crippen LogP contribution in [0.1, 0.15) is 348 Å². The molecule has 0 spiro atoms. The average Bonchev–Trinajstić information content (AvgIpc) is 0.864. The van der Waals surface area contributed by atoms with E-state index in [4.69, 9.17) is 42.6 Å². The number of hydrogen-bond donors (Lipinski definition) is 14. The fourth-order valence-electron chi connectivity index (χ4n) is 14.0. The van der Waals surface area contributed by atoms with Gasteiger partial charge in [0, 0.05) is 99.1 Å². The number of carboxylic acids is 4. The normalized spacial score (nSPS) is 13.2. The second-order valence-corrected chi connectivity index (χ2v) is 33.9. The topological polar surface area (TPSA) is 563 Å². The van der Waals surface area contributed by atoms with Crippen LogP contribution in [0.2, 0.25) is 0 Å². The van der Waals surface area contributed by atoms with Crippen LogP contribution in [0.25, 0.3) is 0 Å². The Kier molecular flexibility index (Phi) is 62.1. The van der Waals surface area contributed by atoms with Crippen molar-refractivity contribution in [1.29, 1.82) is 0 Å². The quantitative estimate of drug-likeness (QED) is 0.0274. The summed E-state index contributed by atoms with van der Waals surface area (Å²) in [5.74, 6) is -6.87. The van der Waals surface area contributed by atoms with E-state index in [1.807, 2.05) is 0 Å². The van der Waals surface area contributed by atoms with E-state index in [1.54, 1.807) is 45.0 Å². The molecule has 124 heavy (non-hydrogen) atoms. The summed E-state index contributed by atoms with van der Waals surface area (Å²) < 4.78 is 11.3. The number of aromatic carboxylic acids is 2. The highest BCUT2D eigenvalue weighted by Crippen LogP contribution is 2.28. The standard InChI is InChI=1S/C92H150N10O21.H2O.3H2/c1-65(103)68(35-25-29-57-97-86(112)76(95)41-27-31-59-99-84(110)74(93)39-21-17-19-37-70(104)49-55-78(90(118)119)101-82(108)43-23-13-9-5-7-11-15-33-61-122-72-51-45-66(46-52-72)88(114)115)63-80(106)69(64-81(107)92(2,3)4)36-26-30-58-98-87(113)77(96)42-28-32-60-100-85(111)75(94)40-22-18-20-38-71(105)50-56-79(91(120)121)102-83(109)44-24-14-10-6-8-12-16-34-62-123-73-53-47-67(48-54-73)89(116)117;;;;/h45-48,51-54,68-69,74-79H,5-44,49-50,55-64,93-96H2,1-4H3,(H,97,112)(H,98,113)(H,99,110)(H,100,111)(H,101,108)(H,102,109)(H,114,115)(H,116,117)(H,118,119)(H,120,121);1H2;3*1H/t68-,69-,74+,75+,76+,77+,78+,79+;;;;/m1..../s1. The molecule has 32 nitrogen and oxygen atoms in total. The molecule has 0 radical (unpaired) electrons. The SMILES string of the molecule is CC(=O)[C@H](CCCCNC(=O)[C@@H](N)CCCCNC(=O)[C@@H](N)CCCCCC(=O)CC[C@H](NC(=O)CCCCCCCCCCOc1ccc(C(=O)O)cc1)C(=O)O)CC(=O)[C@H](CCCCNC(=O)[C@@H](N)CCCCNC(=O)[C@@H](N)CCCCCC(=O)CC[C@H](NC(=O)CCCCCCCCCCOc1ccc(C(=O)O)cc1)C(=O)O)CC(=O)C(C)(C)C.O.[HH].[HH].[HH]. The lowest BCUT2D eigenvalue weighted by Gasteiger charge is -2.23. The van der Waals surface area contributed by atoms with E-state index in [0.717, 1.165) is 89.9 Å². The van der Waals surface area contributed by atoms with Gasteiger partial charge in [0.05, 0.1) is 48.5 Å². The summed E-state index contributed by atoms with van der Waals surface area (Å²) in [6, 6.07) is 7.25. The summed E-state index contributed by atoms with van der Waals surface area (Å²) in [6.07, 6.45) is 26.2. The number of carbonyl (C=O) groups excluding carboxylic acids is 11. The molecule has 8 atom stereocenters. The van der Waals surface area contributed by atoms with Gasteiger partial charge in [-0.15, -0.1) is 0 Å². The summed E-state index contributed by atoms with van der Waals surface area (Å²) in [7, 11) is 0. The number of carbonyl (C=O) groups is 15. The second kappa shape index (κ2) is 68.2. The summed E-state index contributed by atoms with van der Waals surface area (Å²) in [5, 5.41) is 53.9. The number of carboxylic acid groups (broad SMARTS) is 4. The van der Waals surface area contributed by atoms with E-state index in [0.29, 0.717) is 192 Å². The number of nitrogens with two attached hydrogens (primary N) is 4. The number of amides is 6. The maximum absolute atomic E-state index is 13.9. The number of benzene rings is 2. The Labute approximate surface area is 738 Å². The van der Waals surface area contributed by atoms with Crippen LogP contribution in [-0.4, -0.2) is 190 Å². The van der Waals surface area contributed by atoms with Gasteiger partial charge in [0.25, 0.3) is 0 Å². The van der Waals surface area contributed by atoms with Crippen molar-refractivity contribution in [3.05, 3.63) is 59.7 Å². The predicted molar refractivity (Wildman–Crippen MR) is 480 cm³/mol. The third-order valence-electron chi connectivity index (χ3n) is 22.1. The summed E-state index contributed by atoms with van der Waals surface area (Å²) >= 11 is 0. The molecule has 0 aromatic heterocycles. The Morgan fingerprint density at radius 1 is 0.347 bits per heavy atom. The van der Waals surface area contributed by atoms with Gasteiger partial charge in [0.2, 0.25) is 35.4 Å². The number of nitrogens with one attached hydrogen (secondary N) is 6. The molecule has 0 saturated heterocycles. The molecule has 0 bridgehead atoms. The summed E-state index contributed by atoms with van der Waals surface area (Å²) in [4.78, 5) is 187. The first-order valence-corrected chi connectivity index (χ1v) is 45.4. The number of rotatable bonds is 78. The zero-order valence-corrected chi connectivity index (χ0v) is 74.5. The Morgan fingerprint density at radius 3 is 0.935 bits per heavy atom. The first kappa shape index (κ1) is 113. The number of ketones is 5. The molecule has 0 aliphatic heterocycles. The maximum Gasteiger partial charge on any atom is 0.335 e. The number of Topliss-reactive ketones (excluding diaryl/α,β-unsaturated/α-hetero) is 5. The fourth-order valence-corrected chi connectivity index (χ4v) is 14.0. The van der Waals surface area contributed by atoms with Crippen molar-refractivity contribution >= 4 is 88.2 Å². The van der Waals surface area contributed by atoms with Crippen LogP contribution < -0.4 is 64.3 Å². The van der Waals surface area contributed by atoms with Crippen molar-refractivity contribution in [2.24, 2.45) is 40.2 Å². The lowest BCUT2D eigenvalue weighted by atomic mass is 9.79. The highest BCUT2D eigenvalue weighted by molar-refractivity contribution is 5.93. The molecule has 0 aliphatic rings. The van der Waals surface area contributed by atoms with Gasteiger partial charge in [-0.05, 0) is 184 Å². The Balaban J connectivity index is -0.0000384. The van der Waals surface area contributed by atoms with Crippen LogP contribution in [0.4, 0.5) is 0 Å². The van der Waals surface area contributed by atoms with Gasteiger partial charge in [-0.2, -0.15) is 0 Å². The van der Waals surface area contributed by atoms with Crippen molar-refractivity contribution in [2.75, 3.05) is 39.4 Å². The Hall–Kier alpha value is -9.11. The van der Waals surface area contributed by atoms with E-state index in [1.165, 1.54) is 31.2 Å². The molecule has 2 aromatic carbocycles. The van der Waals surface area contributed by atoms with Gasteiger partial charge in [-0.1, -0.05) is 136 Å². The first-order valence-electron chi connectivity index (χ1n) is 45.4. The smallest absolute Gasteiger partial charge is 0.335 e. The number of ether oxygens (including phenoxy) is 2. The molecular weight excluding hydrogens is 1600 g/mol. The van der Waals surface area contributed by atoms with Gasteiger partial charge < -0.3 is 90.2 Å². The van der Waals surface area contributed by atoms with Crippen molar-refractivity contribution in [3.63, 3.8) is 0 Å². The number of unbranched alkanes of at least 4 members (excludes halogenated alkanes) is 22.